The maximum absolute atomic E-state index is 5.38. The van der Waals surface area contributed by atoms with Gasteiger partial charge in [0, 0.05) is 5.92 Å². The van der Waals surface area contributed by atoms with Crippen LogP contribution < -0.4 is 4.90 Å². The van der Waals surface area contributed by atoms with Crippen LogP contribution in [0.4, 0.5) is 0 Å². The van der Waals surface area contributed by atoms with Crippen LogP contribution in [0, 0.1) is 5.92 Å². The normalized spacial score (nSPS) is 30.0. The highest BCUT2D eigenvalue weighted by Crippen LogP contribution is 2.12. The van der Waals surface area contributed by atoms with Crippen molar-refractivity contribution in [3.05, 3.63) is 0 Å². The van der Waals surface area contributed by atoms with E-state index in [9.17, 15) is 0 Å². The van der Waals surface area contributed by atoms with Gasteiger partial charge in [0.1, 0.15) is 25.3 Å². The highest BCUT2D eigenvalue weighted by Gasteiger charge is 2.34. The van der Waals surface area contributed by atoms with Crippen molar-refractivity contribution in [1.29, 1.82) is 0 Å². The van der Waals surface area contributed by atoms with Gasteiger partial charge in [0.25, 0.3) is 0 Å². The highest BCUT2D eigenvalue weighted by molar-refractivity contribution is 4.71. The predicted octanol–water partition coefficient (Wildman–Crippen LogP) is 0.885. The Bertz CT molecular complexity index is 200. The molecule has 2 aliphatic heterocycles. The second-order valence-corrected chi connectivity index (χ2v) is 5.69. The Morgan fingerprint density at radius 1 is 1.12 bits per heavy atom. The molecule has 3 unspecified atom stereocenters. The van der Waals surface area contributed by atoms with E-state index in [1.165, 1.54) is 45.3 Å². The Morgan fingerprint density at radius 3 is 2.12 bits per heavy atom. The molecule has 1 N–H and O–H groups in total. The molecule has 2 rings (SSSR count). The van der Waals surface area contributed by atoms with E-state index in [4.69, 9.17) is 9.47 Å². The molecule has 0 aromatic rings. The molecular weight excluding hydrogens is 214 g/mol. The molecular formula is C14H28NO2+. The maximum atomic E-state index is 5.38. The van der Waals surface area contributed by atoms with Crippen molar-refractivity contribution in [2.45, 2.75) is 51.7 Å². The number of epoxide rings is 2. The molecule has 0 amide bonds. The number of hydrogen-bond donors (Lipinski definition) is 1. The molecule has 0 aliphatic carbocycles. The molecule has 0 aromatic heterocycles. The Balaban J connectivity index is 1.71. The lowest BCUT2D eigenvalue weighted by molar-refractivity contribution is -0.904. The lowest BCUT2D eigenvalue weighted by Crippen LogP contribution is -3.14. The van der Waals surface area contributed by atoms with Crippen molar-refractivity contribution in [2.24, 2.45) is 5.92 Å². The minimum Gasteiger partial charge on any atom is -0.367 e. The summed E-state index contributed by atoms with van der Waals surface area (Å²) in [5, 5.41) is 0. The van der Waals surface area contributed by atoms with Gasteiger partial charge in [0.15, 0.2) is 0 Å². The number of hydrogen-bond acceptors (Lipinski definition) is 2. The fraction of sp³-hybridized carbons (Fsp3) is 1.00. The molecule has 2 fully saturated rings. The van der Waals surface area contributed by atoms with Crippen LogP contribution in [-0.2, 0) is 9.47 Å². The lowest BCUT2D eigenvalue weighted by Gasteiger charge is -2.23. The fourth-order valence-corrected chi connectivity index (χ4v) is 2.62. The first kappa shape index (κ1) is 13.3. The third kappa shape index (κ3) is 5.36. The molecule has 17 heavy (non-hydrogen) atoms. The average molecular weight is 242 g/mol. The lowest BCUT2D eigenvalue weighted by atomic mass is 9.98. The van der Waals surface area contributed by atoms with E-state index in [2.05, 4.69) is 13.8 Å². The summed E-state index contributed by atoms with van der Waals surface area (Å²) in [5.41, 5.74) is 0. The molecule has 0 aromatic carbocycles. The van der Waals surface area contributed by atoms with Crippen LogP contribution in [0.3, 0.4) is 0 Å². The molecule has 3 atom stereocenters. The van der Waals surface area contributed by atoms with Gasteiger partial charge >= 0.3 is 0 Å². The number of unbranched alkanes of at least 4 members (excludes halogenated alkanes) is 1. The van der Waals surface area contributed by atoms with Crippen molar-refractivity contribution in [1.82, 2.24) is 0 Å². The number of ether oxygens (including phenoxy) is 2. The Hall–Kier alpha value is -0.120. The quantitative estimate of drug-likeness (QED) is 0.576. The van der Waals surface area contributed by atoms with E-state index in [-0.39, 0.29) is 0 Å². The molecule has 0 radical (unpaired) electrons. The maximum Gasteiger partial charge on any atom is 0.130 e. The summed E-state index contributed by atoms with van der Waals surface area (Å²) in [6.45, 7) is 10.3. The molecule has 2 aliphatic rings. The van der Waals surface area contributed by atoms with Gasteiger partial charge in [-0.25, -0.2) is 0 Å². The van der Waals surface area contributed by atoms with Gasteiger partial charge in [-0.1, -0.05) is 26.7 Å². The van der Waals surface area contributed by atoms with E-state index < -0.39 is 0 Å². The molecule has 3 nitrogen and oxygen atoms in total. The van der Waals surface area contributed by atoms with Crippen LogP contribution in [0.15, 0.2) is 0 Å². The molecule has 0 spiro atoms. The first-order valence-corrected chi connectivity index (χ1v) is 7.38. The van der Waals surface area contributed by atoms with Crippen molar-refractivity contribution in [3.8, 4) is 0 Å². The third-order valence-corrected chi connectivity index (χ3v) is 3.96. The summed E-state index contributed by atoms with van der Waals surface area (Å²) < 4.78 is 10.8. The van der Waals surface area contributed by atoms with Crippen LogP contribution in [0.25, 0.3) is 0 Å². The van der Waals surface area contributed by atoms with Crippen LogP contribution in [0.5, 0.6) is 0 Å². The van der Waals surface area contributed by atoms with Crippen LogP contribution >= 0.6 is 0 Å². The second kappa shape index (κ2) is 6.72. The van der Waals surface area contributed by atoms with Gasteiger partial charge in [0.05, 0.1) is 19.8 Å². The Morgan fingerprint density at radius 2 is 1.71 bits per heavy atom. The van der Waals surface area contributed by atoms with Crippen LogP contribution in [0.1, 0.15) is 39.5 Å². The molecule has 2 heterocycles. The molecule has 2 saturated heterocycles. The SMILES string of the molecule is CCCCC(CC)C[NH+](CC1CO1)CC1CO1. The van der Waals surface area contributed by atoms with Gasteiger partial charge in [-0.05, 0) is 12.8 Å². The summed E-state index contributed by atoms with van der Waals surface area (Å²) in [6.07, 6.45) is 6.52. The van der Waals surface area contributed by atoms with E-state index in [1.54, 1.807) is 4.90 Å². The summed E-state index contributed by atoms with van der Waals surface area (Å²) >= 11 is 0. The minimum absolute atomic E-state index is 0.549. The predicted molar refractivity (Wildman–Crippen MR) is 68.3 cm³/mol. The summed E-state index contributed by atoms with van der Waals surface area (Å²) in [7, 11) is 0. The number of nitrogens with one attached hydrogen (secondary N) is 1. The first-order valence-electron chi connectivity index (χ1n) is 7.38. The van der Waals surface area contributed by atoms with Crippen molar-refractivity contribution in [3.63, 3.8) is 0 Å². The van der Waals surface area contributed by atoms with Crippen molar-refractivity contribution in [2.75, 3.05) is 32.8 Å². The van der Waals surface area contributed by atoms with Crippen molar-refractivity contribution >= 4 is 0 Å². The van der Waals surface area contributed by atoms with E-state index in [1.807, 2.05) is 0 Å². The molecule has 0 bridgehead atoms. The smallest absolute Gasteiger partial charge is 0.130 e. The third-order valence-electron chi connectivity index (χ3n) is 3.96. The summed E-state index contributed by atoms with van der Waals surface area (Å²) in [6, 6.07) is 0. The van der Waals surface area contributed by atoms with Gasteiger partial charge in [-0.3, -0.25) is 0 Å². The van der Waals surface area contributed by atoms with Gasteiger partial charge < -0.3 is 14.4 Å². The number of quaternary nitrogens is 1. The van der Waals surface area contributed by atoms with E-state index in [0.29, 0.717) is 12.2 Å². The van der Waals surface area contributed by atoms with Gasteiger partial charge in [-0.2, -0.15) is 0 Å². The monoisotopic (exact) mass is 242 g/mol. The highest BCUT2D eigenvalue weighted by atomic mass is 16.6. The first-order chi connectivity index (χ1) is 8.31. The van der Waals surface area contributed by atoms with Crippen LogP contribution in [0.2, 0.25) is 0 Å². The Labute approximate surface area is 105 Å². The molecule has 0 saturated carbocycles. The standard InChI is InChI=1S/C14H27NO2/c1-3-5-6-12(4-2)7-15(8-13-10-16-13)9-14-11-17-14/h12-14H,3-11H2,1-2H3/p+1. The minimum atomic E-state index is 0.549. The van der Waals surface area contributed by atoms with E-state index >= 15 is 0 Å². The van der Waals surface area contributed by atoms with Gasteiger partial charge in [0.2, 0.25) is 0 Å². The largest absolute Gasteiger partial charge is 0.367 e. The zero-order valence-electron chi connectivity index (χ0n) is 11.4. The molecule has 100 valence electrons. The van der Waals surface area contributed by atoms with E-state index in [0.717, 1.165) is 19.1 Å². The van der Waals surface area contributed by atoms with Crippen molar-refractivity contribution < 1.29 is 14.4 Å². The summed E-state index contributed by atoms with van der Waals surface area (Å²) in [4.78, 5) is 1.71. The van der Waals surface area contributed by atoms with Crippen LogP contribution in [-0.4, -0.2) is 45.1 Å². The molecule has 3 heteroatoms. The topological polar surface area (TPSA) is 29.5 Å². The number of rotatable bonds is 10. The second-order valence-electron chi connectivity index (χ2n) is 5.69. The zero-order chi connectivity index (χ0) is 12.1. The fourth-order valence-electron chi connectivity index (χ4n) is 2.62. The zero-order valence-corrected chi connectivity index (χ0v) is 11.4. The average Bonchev–Trinajstić information content (AvgIpc) is 3.19. The summed E-state index contributed by atoms with van der Waals surface area (Å²) in [5.74, 6) is 0.891. The Kier molecular flexibility index (Phi) is 5.26. The van der Waals surface area contributed by atoms with Gasteiger partial charge in [-0.15, -0.1) is 0 Å².